The van der Waals surface area contributed by atoms with Crippen molar-refractivity contribution in [3.63, 3.8) is 0 Å². The van der Waals surface area contributed by atoms with Crippen LogP contribution in [0, 0.1) is 0 Å². The Kier molecular flexibility index (Phi) is 7.01. The minimum Gasteiger partial charge on any atom is -0.352 e. The number of hydrogen-bond acceptors (Lipinski definition) is 3. The first-order valence-corrected chi connectivity index (χ1v) is 8.27. The summed E-state index contributed by atoms with van der Waals surface area (Å²) in [6.07, 6.45) is 9.87. The van der Waals surface area contributed by atoms with Crippen LogP contribution in [0.3, 0.4) is 0 Å². The topological polar surface area (TPSA) is 76.0 Å². The second-order valence-corrected chi connectivity index (χ2v) is 5.73. The zero-order chi connectivity index (χ0) is 17.2. The molecular weight excluding hydrogens is 304 g/mol. The number of carbonyl (C=O) groups excluding carboxylic acids is 2. The zero-order valence-electron chi connectivity index (χ0n) is 14.0. The van der Waals surface area contributed by atoms with Crippen molar-refractivity contribution in [1.82, 2.24) is 14.9 Å². The lowest BCUT2D eigenvalue weighted by Crippen LogP contribution is -2.24. The lowest BCUT2D eigenvalue weighted by Gasteiger charge is -2.07. The number of unbranched alkanes of at least 4 members (excludes halogenated alkanes) is 3. The van der Waals surface area contributed by atoms with E-state index in [2.05, 4.69) is 20.2 Å². The third kappa shape index (κ3) is 6.24. The number of anilines is 1. The van der Waals surface area contributed by atoms with E-state index < -0.39 is 0 Å². The first-order valence-electron chi connectivity index (χ1n) is 8.27. The standard InChI is InChI=1S/C18H24N4O2/c1-15(23)21-17-8-6-7-16(13-17)18(24)20-9-4-2-3-5-11-22-12-10-19-14-22/h6-8,10,12-14H,2-5,9,11H2,1H3,(H,20,24)(H,21,23). The van der Waals surface area contributed by atoms with Crippen molar-refractivity contribution < 1.29 is 9.59 Å². The Hall–Kier alpha value is -2.63. The molecule has 0 aliphatic rings. The van der Waals surface area contributed by atoms with Gasteiger partial charge in [0.15, 0.2) is 0 Å². The minimum atomic E-state index is -0.150. The van der Waals surface area contributed by atoms with Crippen molar-refractivity contribution >= 4 is 17.5 Å². The van der Waals surface area contributed by atoms with Crippen LogP contribution in [0.2, 0.25) is 0 Å². The number of aryl methyl sites for hydroxylation is 1. The Labute approximate surface area is 142 Å². The summed E-state index contributed by atoms with van der Waals surface area (Å²) in [5.41, 5.74) is 1.19. The molecule has 24 heavy (non-hydrogen) atoms. The predicted octanol–water partition coefficient (Wildman–Crippen LogP) is 2.83. The van der Waals surface area contributed by atoms with E-state index in [1.165, 1.54) is 6.92 Å². The highest BCUT2D eigenvalue weighted by Gasteiger charge is 2.06. The molecular formula is C18H24N4O2. The van der Waals surface area contributed by atoms with E-state index in [0.29, 0.717) is 17.8 Å². The van der Waals surface area contributed by atoms with Gasteiger partial charge in [-0.05, 0) is 31.0 Å². The molecule has 2 aromatic rings. The van der Waals surface area contributed by atoms with E-state index in [9.17, 15) is 9.59 Å². The Balaban J connectivity index is 1.61. The third-order valence-corrected chi connectivity index (χ3v) is 3.63. The molecule has 0 bridgehead atoms. The van der Waals surface area contributed by atoms with Crippen LogP contribution in [-0.4, -0.2) is 27.9 Å². The van der Waals surface area contributed by atoms with Gasteiger partial charge in [0.05, 0.1) is 6.33 Å². The van der Waals surface area contributed by atoms with Gasteiger partial charge in [-0.1, -0.05) is 18.9 Å². The molecule has 0 radical (unpaired) electrons. The van der Waals surface area contributed by atoms with Crippen molar-refractivity contribution in [1.29, 1.82) is 0 Å². The summed E-state index contributed by atoms with van der Waals surface area (Å²) in [5, 5.41) is 5.59. The molecule has 0 fully saturated rings. The number of benzene rings is 1. The van der Waals surface area contributed by atoms with Crippen LogP contribution in [0.4, 0.5) is 5.69 Å². The number of aromatic nitrogens is 2. The first kappa shape index (κ1) is 17.7. The van der Waals surface area contributed by atoms with Gasteiger partial charge in [-0.2, -0.15) is 0 Å². The molecule has 2 rings (SSSR count). The van der Waals surface area contributed by atoms with Crippen LogP contribution in [0.1, 0.15) is 43.0 Å². The monoisotopic (exact) mass is 328 g/mol. The largest absolute Gasteiger partial charge is 0.352 e. The maximum atomic E-state index is 12.1. The Morgan fingerprint density at radius 3 is 2.75 bits per heavy atom. The highest BCUT2D eigenvalue weighted by molar-refractivity contribution is 5.96. The quantitative estimate of drug-likeness (QED) is 0.695. The summed E-state index contributed by atoms with van der Waals surface area (Å²) in [7, 11) is 0. The van der Waals surface area contributed by atoms with E-state index in [1.807, 2.05) is 12.5 Å². The van der Waals surface area contributed by atoms with Gasteiger partial charge in [0.25, 0.3) is 5.91 Å². The second-order valence-electron chi connectivity index (χ2n) is 5.73. The first-order chi connectivity index (χ1) is 11.6. The van der Waals surface area contributed by atoms with Crippen LogP contribution in [0.25, 0.3) is 0 Å². The van der Waals surface area contributed by atoms with Crippen molar-refractivity contribution in [2.75, 3.05) is 11.9 Å². The number of imidazole rings is 1. The Bertz CT molecular complexity index is 653. The SMILES string of the molecule is CC(=O)Nc1cccc(C(=O)NCCCCCCn2ccnc2)c1. The fourth-order valence-corrected chi connectivity index (χ4v) is 2.44. The highest BCUT2D eigenvalue weighted by atomic mass is 16.2. The fraction of sp³-hybridized carbons (Fsp3) is 0.389. The average molecular weight is 328 g/mol. The van der Waals surface area contributed by atoms with Crippen LogP contribution in [0.5, 0.6) is 0 Å². The van der Waals surface area contributed by atoms with E-state index >= 15 is 0 Å². The Morgan fingerprint density at radius 2 is 2.00 bits per heavy atom. The van der Waals surface area contributed by atoms with Crippen molar-refractivity contribution in [2.45, 2.75) is 39.2 Å². The second kappa shape index (κ2) is 9.50. The molecule has 0 saturated carbocycles. The molecule has 6 heteroatoms. The van der Waals surface area contributed by atoms with E-state index in [0.717, 1.165) is 32.2 Å². The van der Waals surface area contributed by atoms with Crippen LogP contribution in [-0.2, 0) is 11.3 Å². The maximum Gasteiger partial charge on any atom is 0.251 e. The van der Waals surface area contributed by atoms with Gasteiger partial charge < -0.3 is 15.2 Å². The van der Waals surface area contributed by atoms with Gasteiger partial charge in [-0.3, -0.25) is 9.59 Å². The highest BCUT2D eigenvalue weighted by Crippen LogP contribution is 2.10. The molecule has 1 heterocycles. The number of carbonyl (C=O) groups is 2. The summed E-state index contributed by atoms with van der Waals surface area (Å²) in [6.45, 7) is 3.09. The molecule has 0 spiro atoms. The molecule has 0 atom stereocenters. The summed E-state index contributed by atoms with van der Waals surface area (Å²) in [5.74, 6) is -0.260. The molecule has 0 saturated heterocycles. The molecule has 1 aromatic heterocycles. The molecule has 6 nitrogen and oxygen atoms in total. The summed E-state index contributed by atoms with van der Waals surface area (Å²) >= 11 is 0. The number of nitrogens with one attached hydrogen (secondary N) is 2. The molecule has 0 unspecified atom stereocenters. The van der Waals surface area contributed by atoms with Crippen molar-refractivity contribution in [2.24, 2.45) is 0 Å². The average Bonchev–Trinajstić information content (AvgIpc) is 3.06. The minimum absolute atomic E-state index is 0.111. The van der Waals surface area contributed by atoms with Gasteiger partial charge in [0, 0.05) is 43.7 Å². The lowest BCUT2D eigenvalue weighted by atomic mass is 10.1. The van der Waals surface area contributed by atoms with Gasteiger partial charge in [0.1, 0.15) is 0 Å². The molecule has 2 N–H and O–H groups in total. The number of rotatable bonds is 9. The third-order valence-electron chi connectivity index (χ3n) is 3.63. The van der Waals surface area contributed by atoms with Gasteiger partial charge >= 0.3 is 0 Å². The molecule has 2 amide bonds. The van der Waals surface area contributed by atoms with Crippen LogP contribution >= 0.6 is 0 Å². The van der Waals surface area contributed by atoms with Gasteiger partial charge in [-0.15, -0.1) is 0 Å². The van der Waals surface area contributed by atoms with Gasteiger partial charge in [0.2, 0.25) is 5.91 Å². The summed E-state index contributed by atoms with van der Waals surface area (Å²) in [4.78, 5) is 27.2. The van der Waals surface area contributed by atoms with Crippen molar-refractivity contribution in [3.05, 3.63) is 48.5 Å². The number of nitrogens with zero attached hydrogens (tertiary/aromatic N) is 2. The molecule has 128 valence electrons. The summed E-state index contributed by atoms with van der Waals surface area (Å²) in [6, 6.07) is 6.95. The maximum absolute atomic E-state index is 12.1. The van der Waals surface area contributed by atoms with E-state index in [-0.39, 0.29) is 11.8 Å². The zero-order valence-corrected chi connectivity index (χ0v) is 14.0. The van der Waals surface area contributed by atoms with Crippen molar-refractivity contribution in [3.8, 4) is 0 Å². The summed E-state index contributed by atoms with van der Waals surface area (Å²) < 4.78 is 2.07. The van der Waals surface area contributed by atoms with Crippen LogP contribution in [0.15, 0.2) is 43.0 Å². The fourth-order valence-electron chi connectivity index (χ4n) is 2.44. The van der Waals surface area contributed by atoms with Gasteiger partial charge in [-0.25, -0.2) is 4.98 Å². The van der Waals surface area contributed by atoms with E-state index in [4.69, 9.17) is 0 Å². The molecule has 0 aliphatic carbocycles. The normalized spacial score (nSPS) is 10.4. The molecule has 1 aromatic carbocycles. The number of amides is 2. The number of hydrogen-bond donors (Lipinski definition) is 2. The molecule has 0 aliphatic heterocycles. The predicted molar refractivity (Wildman–Crippen MR) is 93.8 cm³/mol. The Morgan fingerprint density at radius 1 is 1.17 bits per heavy atom. The van der Waals surface area contributed by atoms with E-state index in [1.54, 1.807) is 30.5 Å². The lowest BCUT2D eigenvalue weighted by molar-refractivity contribution is -0.114. The smallest absolute Gasteiger partial charge is 0.251 e. The van der Waals surface area contributed by atoms with Crippen LogP contribution < -0.4 is 10.6 Å².